The minimum Gasteiger partial charge on any atom is -0.497 e. The summed E-state index contributed by atoms with van der Waals surface area (Å²) in [5.74, 6) is 0.962. The number of hydrogen-bond donors (Lipinski definition) is 1. The number of carbonyl (C=O) groups is 1. The number of nitrogens with zero attached hydrogens (tertiary/aromatic N) is 3. The molecule has 1 aromatic heterocycles. The summed E-state index contributed by atoms with van der Waals surface area (Å²) < 4.78 is 12.5. The van der Waals surface area contributed by atoms with E-state index in [-0.39, 0.29) is 12.0 Å². The Morgan fingerprint density at radius 3 is 2.76 bits per heavy atom. The quantitative estimate of drug-likeness (QED) is 0.869. The molecule has 0 radical (unpaired) electrons. The summed E-state index contributed by atoms with van der Waals surface area (Å²) in [4.78, 5) is 12.6. The molecule has 1 aromatic carbocycles. The first-order chi connectivity index (χ1) is 12.3. The lowest BCUT2D eigenvalue weighted by atomic mass is 10.2. The van der Waals surface area contributed by atoms with Crippen LogP contribution in [-0.2, 0) is 4.74 Å². The van der Waals surface area contributed by atoms with Crippen LogP contribution in [0.25, 0.3) is 5.69 Å². The standard InChI is InChI=1S/C18H22N4O3/c1-24-14-8-6-13(7-9-14)22-17(12-4-5-12)16(20-21-22)18(23)19-11-15-3-2-10-25-15/h6-9,12,15H,2-5,10-11H2,1H3,(H,19,23). The highest BCUT2D eigenvalue weighted by Crippen LogP contribution is 2.42. The molecular weight excluding hydrogens is 320 g/mol. The summed E-state index contributed by atoms with van der Waals surface area (Å²) in [5.41, 5.74) is 2.21. The molecule has 0 spiro atoms. The van der Waals surface area contributed by atoms with Gasteiger partial charge in [-0.3, -0.25) is 4.79 Å². The van der Waals surface area contributed by atoms with Gasteiger partial charge < -0.3 is 14.8 Å². The first-order valence-electron chi connectivity index (χ1n) is 8.76. The van der Waals surface area contributed by atoms with E-state index in [2.05, 4.69) is 15.6 Å². The fourth-order valence-electron chi connectivity index (χ4n) is 3.18. The number of hydrogen-bond acceptors (Lipinski definition) is 5. The maximum absolute atomic E-state index is 12.6. The van der Waals surface area contributed by atoms with E-state index in [1.807, 2.05) is 24.3 Å². The fourth-order valence-corrected chi connectivity index (χ4v) is 3.18. The Kier molecular flexibility index (Phi) is 4.40. The molecular formula is C18H22N4O3. The molecule has 2 fully saturated rings. The van der Waals surface area contributed by atoms with E-state index in [1.54, 1.807) is 11.8 Å². The number of nitrogens with one attached hydrogen (secondary N) is 1. The number of methoxy groups -OCH3 is 1. The minimum atomic E-state index is -0.169. The summed E-state index contributed by atoms with van der Waals surface area (Å²) in [7, 11) is 1.64. The molecule has 1 saturated carbocycles. The number of amides is 1. The van der Waals surface area contributed by atoms with E-state index in [0.29, 0.717) is 18.2 Å². The minimum absolute atomic E-state index is 0.116. The van der Waals surface area contributed by atoms with Crippen molar-refractivity contribution in [1.29, 1.82) is 0 Å². The van der Waals surface area contributed by atoms with Crippen molar-refractivity contribution in [2.75, 3.05) is 20.3 Å². The smallest absolute Gasteiger partial charge is 0.273 e. The SMILES string of the molecule is COc1ccc(-n2nnc(C(=O)NCC3CCCO3)c2C2CC2)cc1. The number of ether oxygens (including phenoxy) is 2. The molecule has 0 bridgehead atoms. The Labute approximate surface area is 146 Å². The van der Waals surface area contributed by atoms with Crippen molar-refractivity contribution < 1.29 is 14.3 Å². The van der Waals surface area contributed by atoms with E-state index in [0.717, 1.165) is 49.4 Å². The van der Waals surface area contributed by atoms with Crippen LogP contribution in [0.3, 0.4) is 0 Å². The molecule has 25 heavy (non-hydrogen) atoms. The summed E-state index contributed by atoms with van der Waals surface area (Å²) in [6, 6.07) is 7.61. The monoisotopic (exact) mass is 342 g/mol. The summed E-state index contributed by atoms with van der Waals surface area (Å²) >= 11 is 0. The van der Waals surface area contributed by atoms with E-state index in [4.69, 9.17) is 9.47 Å². The van der Waals surface area contributed by atoms with Crippen molar-refractivity contribution in [2.24, 2.45) is 0 Å². The number of benzene rings is 1. The lowest BCUT2D eigenvalue weighted by Gasteiger charge is -2.11. The predicted octanol–water partition coefficient (Wildman–Crippen LogP) is 2.06. The average molecular weight is 342 g/mol. The third-order valence-corrected chi connectivity index (χ3v) is 4.72. The lowest BCUT2D eigenvalue weighted by Crippen LogP contribution is -2.32. The van der Waals surface area contributed by atoms with Crippen LogP contribution in [0.2, 0.25) is 0 Å². The first kappa shape index (κ1) is 16.1. The molecule has 1 unspecified atom stereocenters. The van der Waals surface area contributed by atoms with Crippen LogP contribution in [0.1, 0.15) is 47.8 Å². The molecule has 1 amide bonds. The largest absolute Gasteiger partial charge is 0.497 e. The average Bonchev–Trinajstić information content (AvgIpc) is 3.18. The second-order valence-electron chi connectivity index (χ2n) is 6.55. The van der Waals surface area contributed by atoms with Crippen molar-refractivity contribution in [3.8, 4) is 11.4 Å². The Bertz CT molecular complexity index is 746. The number of aromatic nitrogens is 3. The van der Waals surface area contributed by atoms with Gasteiger partial charge in [0.25, 0.3) is 5.91 Å². The van der Waals surface area contributed by atoms with Gasteiger partial charge in [0.2, 0.25) is 0 Å². The van der Waals surface area contributed by atoms with Crippen molar-refractivity contribution in [1.82, 2.24) is 20.3 Å². The Hall–Kier alpha value is -2.41. The molecule has 7 nitrogen and oxygen atoms in total. The summed E-state index contributed by atoms with van der Waals surface area (Å²) in [6.07, 6.45) is 4.30. The summed E-state index contributed by atoms with van der Waals surface area (Å²) in [5, 5.41) is 11.4. The Morgan fingerprint density at radius 2 is 2.12 bits per heavy atom. The zero-order chi connectivity index (χ0) is 17.2. The van der Waals surface area contributed by atoms with Gasteiger partial charge in [0, 0.05) is 19.1 Å². The molecule has 1 N–H and O–H groups in total. The fraction of sp³-hybridized carbons (Fsp3) is 0.500. The molecule has 7 heteroatoms. The van der Waals surface area contributed by atoms with Crippen LogP contribution in [0, 0.1) is 0 Å². The molecule has 1 aliphatic carbocycles. The van der Waals surface area contributed by atoms with E-state index in [1.165, 1.54) is 0 Å². The molecule has 2 aliphatic rings. The Morgan fingerprint density at radius 1 is 1.32 bits per heavy atom. The van der Waals surface area contributed by atoms with Crippen LogP contribution < -0.4 is 10.1 Å². The van der Waals surface area contributed by atoms with Crippen molar-refractivity contribution in [2.45, 2.75) is 37.7 Å². The number of rotatable bonds is 6. The lowest BCUT2D eigenvalue weighted by molar-refractivity contribution is 0.0853. The van der Waals surface area contributed by atoms with Gasteiger partial charge in [-0.1, -0.05) is 5.21 Å². The maximum Gasteiger partial charge on any atom is 0.273 e. The molecule has 1 atom stereocenters. The molecule has 1 aliphatic heterocycles. The normalized spacial score (nSPS) is 19.8. The zero-order valence-corrected chi connectivity index (χ0v) is 14.3. The van der Waals surface area contributed by atoms with Gasteiger partial charge in [0.15, 0.2) is 5.69 Å². The third kappa shape index (κ3) is 3.37. The molecule has 1 saturated heterocycles. The van der Waals surface area contributed by atoms with Gasteiger partial charge in [-0.2, -0.15) is 0 Å². The zero-order valence-electron chi connectivity index (χ0n) is 14.3. The highest BCUT2D eigenvalue weighted by molar-refractivity contribution is 5.93. The second-order valence-corrected chi connectivity index (χ2v) is 6.55. The van der Waals surface area contributed by atoms with Crippen LogP contribution in [-0.4, -0.2) is 47.3 Å². The summed E-state index contributed by atoms with van der Waals surface area (Å²) in [6.45, 7) is 1.31. The van der Waals surface area contributed by atoms with Crippen LogP contribution in [0.5, 0.6) is 5.75 Å². The van der Waals surface area contributed by atoms with Gasteiger partial charge in [0.05, 0.1) is 24.6 Å². The van der Waals surface area contributed by atoms with Crippen LogP contribution >= 0.6 is 0 Å². The molecule has 2 aromatic rings. The van der Waals surface area contributed by atoms with E-state index in [9.17, 15) is 4.79 Å². The van der Waals surface area contributed by atoms with Crippen molar-refractivity contribution >= 4 is 5.91 Å². The third-order valence-electron chi connectivity index (χ3n) is 4.72. The van der Waals surface area contributed by atoms with Gasteiger partial charge in [-0.25, -0.2) is 4.68 Å². The van der Waals surface area contributed by atoms with Gasteiger partial charge in [0.1, 0.15) is 5.75 Å². The molecule has 132 valence electrons. The maximum atomic E-state index is 12.6. The topological polar surface area (TPSA) is 78.3 Å². The molecule has 4 rings (SSSR count). The highest BCUT2D eigenvalue weighted by Gasteiger charge is 2.34. The van der Waals surface area contributed by atoms with Crippen LogP contribution in [0.15, 0.2) is 24.3 Å². The van der Waals surface area contributed by atoms with Crippen molar-refractivity contribution in [3.05, 3.63) is 35.7 Å². The number of carbonyl (C=O) groups excluding carboxylic acids is 1. The molecule has 2 heterocycles. The van der Waals surface area contributed by atoms with Gasteiger partial charge in [-0.15, -0.1) is 5.10 Å². The highest BCUT2D eigenvalue weighted by atomic mass is 16.5. The van der Waals surface area contributed by atoms with Gasteiger partial charge >= 0.3 is 0 Å². The predicted molar refractivity (Wildman–Crippen MR) is 91.2 cm³/mol. The van der Waals surface area contributed by atoms with E-state index >= 15 is 0 Å². The van der Waals surface area contributed by atoms with Gasteiger partial charge in [-0.05, 0) is 49.9 Å². The van der Waals surface area contributed by atoms with Crippen molar-refractivity contribution in [3.63, 3.8) is 0 Å². The second kappa shape index (κ2) is 6.84. The first-order valence-corrected chi connectivity index (χ1v) is 8.76. The van der Waals surface area contributed by atoms with Crippen LogP contribution in [0.4, 0.5) is 0 Å². The Balaban J connectivity index is 1.55. The van der Waals surface area contributed by atoms with E-state index < -0.39 is 0 Å².